The van der Waals surface area contributed by atoms with Crippen LogP contribution in [-0.4, -0.2) is 106 Å². The van der Waals surface area contributed by atoms with Crippen molar-refractivity contribution < 1.29 is 47.0 Å². The molecule has 0 aliphatic carbocycles. The van der Waals surface area contributed by atoms with Crippen LogP contribution >= 0.6 is 15.5 Å². The summed E-state index contributed by atoms with van der Waals surface area (Å²) >= 11 is 0. The molecule has 286 valence electrons. The lowest BCUT2D eigenvalue weighted by Gasteiger charge is -2.39. The SMILES string of the molecule is CC(C)(C)[Si](C)(C)O[C@@H]1C[C@@H](COP(=O)(O)N[C@H]2[C@@H](O)[C@H](n3cnc4c(=O)[nH]c(N)nc43)O[C@@H]2COP(N)(=O)O)O[C@H]1n1cnc2c(N)ncnc21. The van der Waals surface area contributed by atoms with Crippen molar-refractivity contribution in [1.29, 1.82) is 0 Å². The summed E-state index contributed by atoms with van der Waals surface area (Å²) in [4.78, 5) is 55.9. The van der Waals surface area contributed by atoms with E-state index in [1.54, 1.807) is 4.57 Å². The number of anilines is 2. The first-order valence-corrected chi connectivity index (χ1v) is 22.1. The molecule has 4 aromatic heterocycles. The molecule has 0 bridgehead atoms. The molecule has 26 heteroatoms. The van der Waals surface area contributed by atoms with Gasteiger partial charge in [-0.05, 0) is 18.1 Å². The number of nitrogens with one attached hydrogen (secondary N) is 2. The highest BCUT2D eigenvalue weighted by atomic mass is 31.2. The highest BCUT2D eigenvalue weighted by Gasteiger charge is 2.50. The summed E-state index contributed by atoms with van der Waals surface area (Å²) in [5.41, 5.74) is 16.8. The van der Waals surface area contributed by atoms with E-state index < -0.39 is 85.5 Å². The molecule has 2 aliphatic heterocycles. The Balaban J connectivity index is 1.21. The second-order valence-electron chi connectivity index (χ2n) is 14.0. The minimum atomic E-state index is -4.81. The largest absolute Gasteiger partial charge is 0.409 e. The summed E-state index contributed by atoms with van der Waals surface area (Å²) in [7, 11) is -11.7. The molecule has 9 atom stereocenters. The molecule has 0 saturated carbocycles. The smallest absolute Gasteiger partial charge is 0.403 e. The lowest BCUT2D eigenvalue weighted by Crippen LogP contribution is -2.45. The molecule has 2 fully saturated rings. The van der Waals surface area contributed by atoms with Gasteiger partial charge in [0.05, 0.1) is 44.1 Å². The molecular formula is C26H42N12O11P2Si. The fraction of sp³-hybridized carbons (Fsp3) is 0.615. The lowest BCUT2D eigenvalue weighted by molar-refractivity contribution is -0.0468. The van der Waals surface area contributed by atoms with Gasteiger partial charge in [-0.3, -0.25) is 28.0 Å². The number of H-pyrrole nitrogens is 1. The molecule has 2 aliphatic rings. The lowest BCUT2D eigenvalue weighted by atomic mass is 10.1. The molecular weight excluding hydrogens is 746 g/mol. The number of fused-ring (bicyclic) bond motifs is 2. The molecule has 2 saturated heterocycles. The Morgan fingerprint density at radius 3 is 2.37 bits per heavy atom. The zero-order chi connectivity index (χ0) is 38.0. The number of nitrogens with zero attached hydrogens (tertiary/aromatic N) is 7. The topological polar surface area (TPSA) is 338 Å². The maximum absolute atomic E-state index is 13.5. The van der Waals surface area contributed by atoms with Crippen LogP contribution < -0.4 is 27.6 Å². The maximum Gasteiger partial charge on any atom is 0.403 e. The van der Waals surface area contributed by atoms with Crippen molar-refractivity contribution >= 4 is 57.9 Å². The van der Waals surface area contributed by atoms with E-state index in [-0.39, 0.29) is 34.4 Å². The minimum absolute atomic E-state index is 0.0667. The van der Waals surface area contributed by atoms with E-state index in [1.165, 1.54) is 17.2 Å². The second-order valence-corrected chi connectivity index (χ2v) is 21.7. The van der Waals surface area contributed by atoms with E-state index in [2.05, 4.69) is 68.9 Å². The van der Waals surface area contributed by atoms with Gasteiger partial charge in [0, 0.05) is 6.42 Å². The molecule has 4 aromatic rings. The Hall–Kier alpha value is -3.22. The Labute approximate surface area is 296 Å². The van der Waals surface area contributed by atoms with Crippen LogP contribution in [0, 0.1) is 0 Å². The first-order valence-electron chi connectivity index (χ1n) is 16.0. The second kappa shape index (κ2) is 13.9. The van der Waals surface area contributed by atoms with Gasteiger partial charge in [-0.25, -0.2) is 39.7 Å². The van der Waals surface area contributed by atoms with E-state index in [0.29, 0.717) is 11.2 Å². The summed E-state index contributed by atoms with van der Waals surface area (Å²) in [5, 5.41) is 13.6. The van der Waals surface area contributed by atoms with Crippen molar-refractivity contribution in [3.05, 3.63) is 29.3 Å². The molecule has 23 nitrogen and oxygen atoms in total. The van der Waals surface area contributed by atoms with E-state index in [9.17, 15) is 28.8 Å². The molecule has 0 radical (unpaired) electrons. The van der Waals surface area contributed by atoms with Crippen LogP contribution in [0.1, 0.15) is 39.6 Å². The van der Waals surface area contributed by atoms with Gasteiger partial charge in [-0.1, -0.05) is 20.8 Å². The van der Waals surface area contributed by atoms with Crippen LogP contribution in [0.15, 0.2) is 23.8 Å². The molecule has 0 amide bonds. The van der Waals surface area contributed by atoms with Gasteiger partial charge < -0.3 is 40.3 Å². The van der Waals surface area contributed by atoms with Crippen molar-refractivity contribution in [2.24, 2.45) is 5.50 Å². The first-order chi connectivity index (χ1) is 24.1. The van der Waals surface area contributed by atoms with Gasteiger partial charge in [0.15, 0.2) is 43.4 Å². The fourth-order valence-corrected chi connectivity index (χ4v) is 8.60. The molecule has 52 heavy (non-hydrogen) atoms. The number of aromatic amines is 1. The number of nitrogen functional groups attached to an aromatic ring is 2. The summed E-state index contributed by atoms with van der Waals surface area (Å²) in [6, 6.07) is -1.46. The number of aliphatic hydroxyl groups is 1. The Bertz CT molecular complexity index is 2100. The monoisotopic (exact) mass is 788 g/mol. The van der Waals surface area contributed by atoms with Crippen molar-refractivity contribution in [2.75, 3.05) is 24.7 Å². The third-order valence-corrected chi connectivity index (χ3v) is 15.5. The number of ether oxygens (including phenoxy) is 2. The van der Waals surface area contributed by atoms with Gasteiger partial charge in [-0.15, -0.1) is 0 Å². The number of nitrogens with two attached hydrogens (primary N) is 3. The molecule has 11 N–H and O–H groups in total. The zero-order valence-corrected chi connectivity index (χ0v) is 31.5. The molecule has 2 unspecified atom stereocenters. The van der Waals surface area contributed by atoms with Crippen LogP contribution in [0.3, 0.4) is 0 Å². The van der Waals surface area contributed by atoms with E-state index >= 15 is 0 Å². The van der Waals surface area contributed by atoms with Crippen molar-refractivity contribution in [3.8, 4) is 0 Å². The zero-order valence-electron chi connectivity index (χ0n) is 28.8. The van der Waals surface area contributed by atoms with Crippen LogP contribution in [0.25, 0.3) is 22.3 Å². The van der Waals surface area contributed by atoms with Gasteiger partial charge in [-0.2, -0.15) is 4.98 Å². The van der Waals surface area contributed by atoms with Crippen molar-refractivity contribution in [1.82, 2.24) is 44.1 Å². The average Bonchev–Trinajstić information content (AvgIpc) is 3.80. The number of aliphatic hydroxyl groups excluding tert-OH is 1. The normalized spacial score (nSPS) is 28.1. The van der Waals surface area contributed by atoms with Crippen LogP contribution in [-0.2, 0) is 32.1 Å². The van der Waals surface area contributed by atoms with E-state index in [4.69, 9.17) is 39.9 Å². The molecule has 0 spiro atoms. The van der Waals surface area contributed by atoms with Gasteiger partial charge in [0.2, 0.25) is 5.95 Å². The molecule has 6 rings (SSSR count). The maximum atomic E-state index is 13.5. The van der Waals surface area contributed by atoms with Gasteiger partial charge in [0.1, 0.15) is 24.1 Å². The summed E-state index contributed by atoms with van der Waals surface area (Å²) in [5.74, 6) is -0.0609. The van der Waals surface area contributed by atoms with Crippen molar-refractivity contribution in [3.63, 3.8) is 0 Å². The van der Waals surface area contributed by atoms with Crippen LogP contribution in [0.4, 0.5) is 11.8 Å². The first kappa shape index (κ1) is 38.5. The molecule has 0 aromatic carbocycles. The van der Waals surface area contributed by atoms with Crippen LogP contribution in [0.2, 0.25) is 18.1 Å². The fourth-order valence-electron chi connectivity index (χ4n) is 5.78. The summed E-state index contributed by atoms with van der Waals surface area (Å²) in [6.07, 6.45) is -2.24. The minimum Gasteiger partial charge on any atom is -0.409 e. The van der Waals surface area contributed by atoms with Gasteiger partial charge >= 0.3 is 15.5 Å². The number of rotatable bonds is 12. The van der Waals surface area contributed by atoms with E-state index in [1.807, 2.05) is 0 Å². The third kappa shape index (κ3) is 7.85. The number of hydrogen-bond acceptors (Lipinski definition) is 16. The van der Waals surface area contributed by atoms with Crippen LogP contribution in [0.5, 0.6) is 0 Å². The van der Waals surface area contributed by atoms with Gasteiger partial charge in [0.25, 0.3) is 5.56 Å². The summed E-state index contributed by atoms with van der Waals surface area (Å²) < 4.78 is 57.4. The Morgan fingerprint density at radius 2 is 1.69 bits per heavy atom. The highest BCUT2D eigenvalue weighted by Crippen LogP contribution is 2.46. The van der Waals surface area contributed by atoms with Crippen molar-refractivity contribution in [2.45, 2.75) is 88.2 Å². The third-order valence-electron chi connectivity index (χ3n) is 9.33. The Morgan fingerprint density at radius 1 is 1.02 bits per heavy atom. The average molecular weight is 789 g/mol. The number of aromatic nitrogens is 8. The number of hydrogen-bond donors (Lipinski definition) is 8. The van der Waals surface area contributed by atoms with E-state index in [0.717, 1.165) is 6.33 Å². The highest BCUT2D eigenvalue weighted by molar-refractivity contribution is 7.50. The quantitative estimate of drug-likeness (QED) is 0.0702. The Kier molecular flexibility index (Phi) is 10.3. The molecule has 6 heterocycles. The summed E-state index contributed by atoms with van der Waals surface area (Å²) in [6.45, 7) is 9.35. The number of imidazole rings is 2. The predicted molar refractivity (Wildman–Crippen MR) is 185 cm³/mol. The predicted octanol–water partition coefficient (Wildman–Crippen LogP) is 0.211. The standard InChI is InChI=1S/C26H42N12O11P2Si/c1-26(2,3)52(4,5)49-13-6-12(47-23(13)37-10-32-16-19(27)30-9-31-20(16)37)7-46-51(43,44)36-15-14(8-45-50(29,41)42)48-24(18(15)39)38-11-33-17-21(38)34-25(28)35-22(17)40/h9-15,18,23-24,39H,6-8H2,1-5H3,(H2,27,30,31)(H3,29,41,42)(H2,36,43,44)(H3,28,34,35,40)/t12-,13+,14+,15+,18+,23+,24+/m0/s1.